The molecule has 148 valence electrons. The standard InChI is InChI=1S/C20H36N4O2/c1-15-10-11-16(2)24(15)18-9-6-12-23(14-18)19(25)13-21-20(26)22-17-7-4-3-5-8-17/h15-18H,3-14H2,1-2H3,(H2,21,22,26). The predicted octanol–water partition coefficient (Wildman–Crippen LogP) is 2.48. The number of likely N-dealkylation sites (tertiary alicyclic amines) is 2. The first kappa shape index (κ1) is 19.5. The highest BCUT2D eigenvalue weighted by Crippen LogP contribution is 2.29. The van der Waals surface area contributed by atoms with Gasteiger partial charge in [0.05, 0.1) is 6.54 Å². The van der Waals surface area contributed by atoms with Crippen molar-refractivity contribution in [2.45, 2.75) is 95.8 Å². The Morgan fingerprint density at radius 2 is 1.62 bits per heavy atom. The van der Waals surface area contributed by atoms with Gasteiger partial charge in [-0.15, -0.1) is 0 Å². The molecule has 6 nitrogen and oxygen atoms in total. The smallest absolute Gasteiger partial charge is 0.315 e. The van der Waals surface area contributed by atoms with Crippen molar-refractivity contribution in [3.05, 3.63) is 0 Å². The van der Waals surface area contributed by atoms with Crippen LogP contribution in [0.1, 0.15) is 71.6 Å². The number of carbonyl (C=O) groups excluding carboxylic acids is 2. The van der Waals surface area contributed by atoms with Gasteiger partial charge >= 0.3 is 6.03 Å². The number of piperidine rings is 1. The molecule has 0 aromatic rings. The molecule has 1 aliphatic carbocycles. The van der Waals surface area contributed by atoms with Gasteiger partial charge in [0.1, 0.15) is 0 Å². The van der Waals surface area contributed by atoms with Gasteiger partial charge in [-0.05, 0) is 52.4 Å². The van der Waals surface area contributed by atoms with Crippen molar-refractivity contribution in [2.75, 3.05) is 19.6 Å². The second kappa shape index (κ2) is 9.07. The molecule has 2 heterocycles. The molecule has 2 N–H and O–H groups in total. The zero-order valence-electron chi connectivity index (χ0n) is 16.5. The van der Waals surface area contributed by atoms with Crippen LogP contribution in [0.2, 0.25) is 0 Å². The third kappa shape index (κ3) is 4.90. The van der Waals surface area contributed by atoms with Gasteiger partial charge in [0, 0.05) is 37.3 Å². The normalized spacial score (nSPS) is 31.0. The number of amides is 3. The Bertz CT molecular complexity index is 482. The third-order valence-electron chi connectivity index (χ3n) is 6.53. The van der Waals surface area contributed by atoms with E-state index >= 15 is 0 Å². The van der Waals surface area contributed by atoms with Gasteiger partial charge in [-0.2, -0.15) is 0 Å². The molecular formula is C20H36N4O2. The summed E-state index contributed by atoms with van der Waals surface area (Å²) < 4.78 is 0. The maximum Gasteiger partial charge on any atom is 0.315 e. The molecule has 3 amide bonds. The van der Waals surface area contributed by atoms with E-state index in [-0.39, 0.29) is 24.5 Å². The topological polar surface area (TPSA) is 64.7 Å². The third-order valence-corrected chi connectivity index (χ3v) is 6.53. The Morgan fingerprint density at radius 1 is 0.923 bits per heavy atom. The number of rotatable bonds is 4. The highest BCUT2D eigenvalue weighted by molar-refractivity contribution is 5.84. The number of carbonyl (C=O) groups is 2. The lowest BCUT2D eigenvalue weighted by Gasteiger charge is -2.41. The molecule has 1 saturated carbocycles. The molecule has 26 heavy (non-hydrogen) atoms. The minimum atomic E-state index is -0.194. The molecule has 0 bridgehead atoms. The molecule has 3 rings (SSSR count). The van der Waals surface area contributed by atoms with E-state index in [2.05, 4.69) is 29.4 Å². The van der Waals surface area contributed by atoms with Crippen LogP contribution in [0.15, 0.2) is 0 Å². The summed E-state index contributed by atoms with van der Waals surface area (Å²) in [7, 11) is 0. The van der Waals surface area contributed by atoms with Gasteiger partial charge in [-0.1, -0.05) is 19.3 Å². The van der Waals surface area contributed by atoms with Gasteiger partial charge in [0.2, 0.25) is 5.91 Å². The van der Waals surface area contributed by atoms with E-state index in [9.17, 15) is 9.59 Å². The van der Waals surface area contributed by atoms with Crippen LogP contribution in [0, 0.1) is 0 Å². The molecule has 6 heteroatoms. The molecule has 0 aromatic carbocycles. The maximum absolute atomic E-state index is 12.6. The van der Waals surface area contributed by atoms with Gasteiger partial charge in [-0.3, -0.25) is 9.69 Å². The number of nitrogens with zero attached hydrogens (tertiary/aromatic N) is 2. The van der Waals surface area contributed by atoms with Gasteiger partial charge in [0.15, 0.2) is 0 Å². The lowest BCUT2D eigenvalue weighted by molar-refractivity contribution is -0.132. The molecular weight excluding hydrogens is 328 g/mol. The number of hydrogen-bond acceptors (Lipinski definition) is 3. The minimum absolute atomic E-state index is 0.0491. The van der Waals surface area contributed by atoms with Gasteiger partial charge < -0.3 is 15.5 Å². The molecule has 3 unspecified atom stereocenters. The molecule has 3 atom stereocenters. The summed E-state index contributed by atoms with van der Waals surface area (Å²) in [6, 6.07) is 1.78. The van der Waals surface area contributed by atoms with Crippen molar-refractivity contribution in [3.8, 4) is 0 Å². The average Bonchev–Trinajstić information content (AvgIpc) is 2.99. The van der Waals surface area contributed by atoms with Crippen LogP contribution in [0.25, 0.3) is 0 Å². The molecule has 0 radical (unpaired) electrons. The fraction of sp³-hybridized carbons (Fsp3) is 0.900. The zero-order chi connectivity index (χ0) is 18.5. The summed E-state index contributed by atoms with van der Waals surface area (Å²) in [5, 5.41) is 5.79. The Balaban J connectivity index is 1.43. The SMILES string of the molecule is CC1CCC(C)N1C1CCCN(C(=O)CNC(=O)NC2CCCCC2)C1. The first-order valence-electron chi connectivity index (χ1n) is 10.6. The zero-order valence-corrected chi connectivity index (χ0v) is 16.5. The monoisotopic (exact) mass is 364 g/mol. The lowest BCUT2D eigenvalue weighted by atomic mass is 9.96. The predicted molar refractivity (Wildman–Crippen MR) is 103 cm³/mol. The van der Waals surface area contributed by atoms with Crippen LogP contribution in [0.4, 0.5) is 4.79 Å². The van der Waals surface area contributed by atoms with E-state index in [0.717, 1.165) is 32.4 Å². The molecule has 2 aliphatic heterocycles. The molecule has 3 fully saturated rings. The van der Waals surface area contributed by atoms with Crippen molar-refractivity contribution in [3.63, 3.8) is 0 Å². The highest BCUT2D eigenvalue weighted by Gasteiger charge is 2.36. The fourth-order valence-electron chi connectivity index (χ4n) is 5.11. The number of hydrogen-bond donors (Lipinski definition) is 2. The van der Waals surface area contributed by atoms with Crippen molar-refractivity contribution < 1.29 is 9.59 Å². The first-order valence-corrected chi connectivity index (χ1v) is 10.6. The van der Waals surface area contributed by atoms with E-state index in [1.54, 1.807) is 0 Å². The van der Waals surface area contributed by atoms with Crippen LogP contribution in [0.3, 0.4) is 0 Å². The summed E-state index contributed by atoms with van der Waals surface area (Å²) in [6.07, 6.45) is 10.5. The van der Waals surface area contributed by atoms with E-state index < -0.39 is 0 Å². The first-order chi connectivity index (χ1) is 12.5. The Kier molecular flexibility index (Phi) is 6.79. The summed E-state index contributed by atoms with van der Waals surface area (Å²) in [5.74, 6) is 0.0491. The number of nitrogens with one attached hydrogen (secondary N) is 2. The quantitative estimate of drug-likeness (QED) is 0.805. The summed E-state index contributed by atoms with van der Waals surface area (Å²) in [5.41, 5.74) is 0. The van der Waals surface area contributed by atoms with E-state index in [1.807, 2.05) is 4.90 Å². The number of urea groups is 1. The van der Waals surface area contributed by atoms with Gasteiger partial charge in [0.25, 0.3) is 0 Å². The van der Waals surface area contributed by atoms with Gasteiger partial charge in [-0.25, -0.2) is 4.79 Å². The van der Waals surface area contributed by atoms with E-state index in [0.29, 0.717) is 18.1 Å². The van der Waals surface area contributed by atoms with E-state index in [4.69, 9.17) is 0 Å². The van der Waals surface area contributed by atoms with Crippen molar-refractivity contribution in [1.29, 1.82) is 0 Å². The van der Waals surface area contributed by atoms with Crippen LogP contribution in [-0.2, 0) is 4.79 Å². The average molecular weight is 365 g/mol. The summed E-state index contributed by atoms with van der Waals surface area (Å²) in [4.78, 5) is 29.2. The van der Waals surface area contributed by atoms with Crippen molar-refractivity contribution >= 4 is 11.9 Å². The van der Waals surface area contributed by atoms with Crippen LogP contribution in [-0.4, -0.2) is 65.5 Å². The van der Waals surface area contributed by atoms with Crippen LogP contribution in [0.5, 0.6) is 0 Å². The summed E-state index contributed by atoms with van der Waals surface area (Å²) in [6.45, 7) is 6.34. The summed E-state index contributed by atoms with van der Waals surface area (Å²) >= 11 is 0. The Morgan fingerprint density at radius 3 is 2.31 bits per heavy atom. The fourth-order valence-corrected chi connectivity index (χ4v) is 5.11. The molecule has 2 saturated heterocycles. The molecule has 0 aromatic heterocycles. The van der Waals surface area contributed by atoms with Crippen LogP contribution < -0.4 is 10.6 Å². The Labute approximate surface area is 158 Å². The Hall–Kier alpha value is -1.30. The second-order valence-electron chi connectivity index (χ2n) is 8.52. The molecule has 0 spiro atoms. The maximum atomic E-state index is 12.6. The minimum Gasteiger partial charge on any atom is -0.340 e. The largest absolute Gasteiger partial charge is 0.340 e. The lowest BCUT2D eigenvalue weighted by Crippen LogP contribution is -2.54. The highest BCUT2D eigenvalue weighted by atomic mass is 16.2. The van der Waals surface area contributed by atoms with E-state index in [1.165, 1.54) is 38.5 Å². The van der Waals surface area contributed by atoms with Crippen molar-refractivity contribution in [1.82, 2.24) is 20.4 Å². The van der Waals surface area contributed by atoms with Crippen molar-refractivity contribution in [2.24, 2.45) is 0 Å². The molecule has 3 aliphatic rings. The van der Waals surface area contributed by atoms with Crippen LogP contribution >= 0.6 is 0 Å². The second-order valence-corrected chi connectivity index (χ2v) is 8.52.